The van der Waals surface area contributed by atoms with Crippen LogP contribution in [0.2, 0.25) is 5.02 Å². The number of rotatable bonds is 6. The highest BCUT2D eigenvalue weighted by molar-refractivity contribution is 7.91. The Kier molecular flexibility index (Phi) is 5.82. The van der Waals surface area contributed by atoms with Gasteiger partial charge in [-0.05, 0) is 37.0 Å². The summed E-state index contributed by atoms with van der Waals surface area (Å²) < 4.78 is 29.4. The molecule has 7 heteroatoms. The summed E-state index contributed by atoms with van der Waals surface area (Å²) in [5.41, 5.74) is 0.789. The van der Waals surface area contributed by atoms with Gasteiger partial charge in [-0.3, -0.25) is 4.90 Å². The van der Waals surface area contributed by atoms with E-state index in [0.717, 1.165) is 25.0 Å². The van der Waals surface area contributed by atoms with E-state index in [0.29, 0.717) is 24.5 Å². The molecule has 2 saturated heterocycles. The molecule has 0 bridgehead atoms. The lowest BCUT2D eigenvalue weighted by Crippen LogP contribution is -2.43. The second kappa shape index (κ2) is 7.70. The van der Waals surface area contributed by atoms with Gasteiger partial charge < -0.3 is 9.84 Å². The van der Waals surface area contributed by atoms with Crippen LogP contribution in [-0.2, 0) is 14.6 Å². The normalized spacial score (nSPS) is 27.6. The summed E-state index contributed by atoms with van der Waals surface area (Å²) in [5.74, 6) is 0.407. The molecule has 2 aliphatic rings. The quantitative estimate of drug-likeness (QED) is 0.826. The number of hydrogen-bond acceptors (Lipinski definition) is 5. The van der Waals surface area contributed by atoms with E-state index >= 15 is 0 Å². The molecule has 2 heterocycles. The molecule has 0 aliphatic carbocycles. The molecule has 24 heavy (non-hydrogen) atoms. The van der Waals surface area contributed by atoms with E-state index in [1.807, 2.05) is 12.1 Å². The molecule has 134 valence electrons. The monoisotopic (exact) mass is 373 g/mol. The van der Waals surface area contributed by atoms with Crippen molar-refractivity contribution in [3.05, 3.63) is 34.9 Å². The maximum Gasteiger partial charge on any atom is 0.151 e. The molecule has 2 fully saturated rings. The first-order valence-electron chi connectivity index (χ1n) is 8.42. The maximum absolute atomic E-state index is 11.8. The van der Waals surface area contributed by atoms with Crippen LogP contribution in [0.5, 0.6) is 0 Å². The molecular formula is C17H24ClNO4S. The predicted molar refractivity (Wildman–Crippen MR) is 94.0 cm³/mol. The van der Waals surface area contributed by atoms with Crippen LogP contribution in [0.25, 0.3) is 0 Å². The number of aliphatic hydroxyl groups is 1. The van der Waals surface area contributed by atoms with Crippen molar-refractivity contribution in [3.8, 4) is 0 Å². The van der Waals surface area contributed by atoms with Gasteiger partial charge in [0.15, 0.2) is 9.84 Å². The second-order valence-electron chi connectivity index (χ2n) is 6.71. The first-order chi connectivity index (χ1) is 11.4. The minimum absolute atomic E-state index is 0.0406. The van der Waals surface area contributed by atoms with Crippen molar-refractivity contribution in [2.24, 2.45) is 0 Å². The van der Waals surface area contributed by atoms with E-state index in [9.17, 15) is 13.5 Å². The number of aliphatic hydroxyl groups excluding tert-OH is 1. The van der Waals surface area contributed by atoms with E-state index in [4.69, 9.17) is 16.3 Å². The van der Waals surface area contributed by atoms with Gasteiger partial charge in [0, 0.05) is 30.8 Å². The molecule has 0 radical (unpaired) electrons. The Bertz CT molecular complexity index is 643. The van der Waals surface area contributed by atoms with Gasteiger partial charge in [-0.25, -0.2) is 8.42 Å². The molecular weight excluding hydrogens is 350 g/mol. The summed E-state index contributed by atoms with van der Waals surface area (Å²) in [6.45, 7) is 1.84. The molecule has 0 saturated carbocycles. The van der Waals surface area contributed by atoms with Gasteiger partial charge in [0.25, 0.3) is 0 Å². The van der Waals surface area contributed by atoms with Crippen LogP contribution >= 0.6 is 11.6 Å². The van der Waals surface area contributed by atoms with Crippen LogP contribution in [0.3, 0.4) is 0 Å². The third-order valence-corrected chi connectivity index (χ3v) is 6.85. The van der Waals surface area contributed by atoms with Crippen molar-refractivity contribution >= 4 is 21.4 Å². The fourth-order valence-electron chi connectivity index (χ4n) is 3.50. The average Bonchev–Trinajstić information content (AvgIpc) is 3.16. The Morgan fingerprint density at radius 1 is 1.29 bits per heavy atom. The van der Waals surface area contributed by atoms with Crippen molar-refractivity contribution in [1.82, 2.24) is 4.90 Å². The zero-order valence-electron chi connectivity index (χ0n) is 13.6. The van der Waals surface area contributed by atoms with Crippen LogP contribution in [0.1, 0.15) is 30.9 Å². The topological polar surface area (TPSA) is 66.8 Å². The second-order valence-corrected chi connectivity index (χ2v) is 9.38. The van der Waals surface area contributed by atoms with Gasteiger partial charge in [-0.15, -0.1) is 0 Å². The summed E-state index contributed by atoms with van der Waals surface area (Å²) in [6, 6.07) is 7.08. The van der Waals surface area contributed by atoms with Gasteiger partial charge in [-0.1, -0.05) is 23.7 Å². The zero-order chi connectivity index (χ0) is 17.2. The maximum atomic E-state index is 11.8. The van der Waals surface area contributed by atoms with Crippen LogP contribution in [0.4, 0.5) is 0 Å². The first-order valence-corrected chi connectivity index (χ1v) is 10.6. The largest absolute Gasteiger partial charge is 0.387 e. The Morgan fingerprint density at radius 3 is 2.62 bits per heavy atom. The first kappa shape index (κ1) is 18.1. The lowest BCUT2D eigenvalue weighted by molar-refractivity contribution is 0.0343. The number of ether oxygens (including phenoxy) is 1. The van der Waals surface area contributed by atoms with Crippen molar-refractivity contribution in [2.45, 2.75) is 37.5 Å². The van der Waals surface area contributed by atoms with E-state index in [2.05, 4.69) is 4.90 Å². The van der Waals surface area contributed by atoms with E-state index in [-0.39, 0.29) is 23.7 Å². The Balaban J connectivity index is 1.69. The standard InChI is InChI=1S/C17H24ClNO4S/c18-14-5-3-13(4-6-14)17(20)11-19(10-16-2-1-8-23-16)15-7-9-24(21,22)12-15/h3-6,15-17,20H,1-2,7-12H2/t15-,16+,17+/m0/s1. The molecule has 1 aromatic carbocycles. The number of nitrogens with zero attached hydrogens (tertiary/aromatic N) is 1. The van der Waals surface area contributed by atoms with Crippen molar-refractivity contribution < 1.29 is 18.3 Å². The van der Waals surface area contributed by atoms with Gasteiger partial charge >= 0.3 is 0 Å². The van der Waals surface area contributed by atoms with Gasteiger partial charge in [0.1, 0.15) is 0 Å². The lowest BCUT2D eigenvalue weighted by atomic mass is 10.1. The Labute approximate surface area is 148 Å². The smallest absolute Gasteiger partial charge is 0.151 e. The number of sulfone groups is 1. The molecule has 0 amide bonds. The fourth-order valence-corrected chi connectivity index (χ4v) is 5.39. The molecule has 0 unspecified atom stereocenters. The van der Waals surface area contributed by atoms with Crippen LogP contribution in [0.15, 0.2) is 24.3 Å². The Morgan fingerprint density at radius 2 is 2.04 bits per heavy atom. The minimum atomic E-state index is -2.96. The van der Waals surface area contributed by atoms with Crippen molar-refractivity contribution in [1.29, 1.82) is 0 Å². The highest BCUT2D eigenvalue weighted by Crippen LogP contribution is 2.25. The summed E-state index contributed by atoms with van der Waals surface area (Å²) in [6.07, 6.45) is 2.12. The zero-order valence-corrected chi connectivity index (χ0v) is 15.2. The van der Waals surface area contributed by atoms with Crippen molar-refractivity contribution in [3.63, 3.8) is 0 Å². The molecule has 1 N–H and O–H groups in total. The van der Waals surface area contributed by atoms with Gasteiger partial charge in [-0.2, -0.15) is 0 Å². The molecule has 1 aromatic rings. The van der Waals surface area contributed by atoms with E-state index < -0.39 is 15.9 Å². The third-order valence-electron chi connectivity index (χ3n) is 4.85. The minimum Gasteiger partial charge on any atom is -0.387 e. The SMILES string of the molecule is O=S1(=O)CC[C@H](N(C[C@H]2CCCO2)C[C@@H](O)c2ccc(Cl)cc2)C1. The van der Waals surface area contributed by atoms with E-state index in [1.165, 1.54) is 0 Å². The number of benzene rings is 1. The Hall–Kier alpha value is -0.660. The van der Waals surface area contributed by atoms with Gasteiger partial charge in [0.05, 0.1) is 23.7 Å². The van der Waals surface area contributed by atoms with E-state index in [1.54, 1.807) is 12.1 Å². The molecule has 5 nitrogen and oxygen atoms in total. The summed E-state index contributed by atoms with van der Waals surface area (Å²) in [7, 11) is -2.96. The highest BCUT2D eigenvalue weighted by Gasteiger charge is 2.34. The van der Waals surface area contributed by atoms with Crippen LogP contribution in [0, 0.1) is 0 Å². The molecule has 0 aromatic heterocycles. The molecule has 3 atom stereocenters. The summed E-state index contributed by atoms with van der Waals surface area (Å²) >= 11 is 5.90. The number of halogens is 1. The highest BCUT2D eigenvalue weighted by atomic mass is 35.5. The predicted octanol–water partition coefficient (Wildman–Crippen LogP) is 2.04. The fraction of sp³-hybridized carbons (Fsp3) is 0.647. The van der Waals surface area contributed by atoms with Crippen molar-refractivity contribution in [2.75, 3.05) is 31.2 Å². The summed E-state index contributed by atoms with van der Waals surface area (Å²) in [5, 5.41) is 11.2. The molecule has 0 spiro atoms. The van der Waals surface area contributed by atoms with Gasteiger partial charge in [0.2, 0.25) is 0 Å². The van der Waals surface area contributed by atoms with Crippen LogP contribution < -0.4 is 0 Å². The summed E-state index contributed by atoms with van der Waals surface area (Å²) in [4.78, 5) is 2.10. The average molecular weight is 374 g/mol. The number of hydrogen-bond donors (Lipinski definition) is 1. The molecule has 3 rings (SSSR count). The molecule has 2 aliphatic heterocycles. The third kappa shape index (κ3) is 4.70. The lowest BCUT2D eigenvalue weighted by Gasteiger charge is -2.32. The van der Waals surface area contributed by atoms with Crippen LogP contribution in [-0.4, -0.2) is 61.8 Å².